The number of halogens is 1. The Bertz CT molecular complexity index is 536. The Kier molecular flexibility index (Phi) is 3.85. The first-order chi connectivity index (χ1) is 10.1. The number of likely N-dealkylation sites (tertiary alicyclic amines) is 1. The van der Waals surface area contributed by atoms with Gasteiger partial charge in [0, 0.05) is 19.0 Å². The highest BCUT2D eigenvalue weighted by molar-refractivity contribution is 5.81. The molecule has 114 valence electrons. The quantitative estimate of drug-likeness (QED) is 0.925. The minimum Gasteiger partial charge on any atom is -0.478 e. The van der Waals surface area contributed by atoms with E-state index >= 15 is 0 Å². The third-order valence-electron chi connectivity index (χ3n) is 4.62. The number of carbonyl (C=O) groups is 1. The predicted molar refractivity (Wildman–Crippen MR) is 75.3 cm³/mol. The summed E-state index contributed by atoms with van der Waals surface area (Å²) in [4.78, 5) is 14.1. The number of hydrogen-bond donors (Lipinski definition) is 1. The Hall–Kier alpha value is -1.62. The van der Waals surface area contributed by atoms with Crippen molar-refractivity contribution in [2.75, 3.05) is 13.1 Å². The number of benzene rings is 1. The van der Waals surface area contributed by atoms with Crippen molar-refractivity contribution >= 4 is 5.91 Å². The van der Waals surface area contributed by atoms with Gasteiger partial charge in [0.25, 0.3) is 5.91 Å². The van der Waals surface area contributed by atoms with Crippen molar-refractivity contribution in [1.82, 2.24) is 4.90 Å². The number of hydrogen-bond acceptors (Lipinski definition) is 3. The average Bonchev–Trinajstić information content (AvgIpc) is 3.03. The van der Waals surface area contributed by atoms with Crippen molar-refractivity contribution in [3.8, 4) is 5.75 Å². The SMILES string of the molecule is CC(Oc1ccccc1F)C(=O)N1CC2CCC(O)C2C1. The second-order valence-electron chi connectivity index (χ2n) is 6.00. The number of para-hydroxylation sites is 1. The maximum atomic E-state index is 13.5. The molecular weight excluding hydrogens is 273 g/mol. The van der Waals surface area contributed by atoms with E-state index in [9.17, 15) is 14.3 Å². The molecular formula is C16H20FNO3. The molecule has 4 unspecified atom stereocenters. The van der Waals surface area contributed by atoms with Crippen LogP contribution in [0.4, 0.5) is 4.39 Å². The highest BCUT2D eigenvalue weighted by Gasteiger charge is 2.44. The number of carbonyl (C=O) groups excluding carboxylic acids is 1. The van der Waals surface area contributed by atoms with Gasteiger partial charge in [0.1, 0.15) is 0 Å². The van der Waals surface area contributed by atoms with Crippen LogP contribution >= 0.6 is 0 Å². The Labute approximate surface area is 123 Å². The molecule has 1 aliphatic heterocycles. The standard InChI is InChI=1S/C16H20FNO3/c1-10(21-15-5-3-2-4-13(15)17)16(20)18-8-11-6-7-14(19)12(11)9-18/h2-5,10-12,14,19H,6-9H2,1H3. The van der Waals surface area contributed by atoms with Gasteiger partial charge < -0.3 is 14.7 Å². The topological polar surface area (TPSA) is 49.8 Å². The number of nitrogens with zero attached hydrogens (tertiary/aromatic N) is 1. The van der Waals surface area contributed by atoms with Crippen LogP contribution in [0.1, 0.15) is 19.8 Å². The molecule has 1 aliphatic carbocycles. The minimum absolute atomic E-state index is 0.0952. The van der Waals surface area contributed by atoms with E-state index in [4.69, 9.17) is 4.74 Å². The summed E-state index contributed by atoms with van der Waals surface area (Å²) in [5.41, 5.74) is 0. The molecule has 0 bridgehead atoms. The molecule has 3 rings (SSSR count). The number of aliphatic hydroxyl groups is 1. The highest BCUT2D eigenvalue weighted by atomic mass is 19.1. The summed E-state index contributed by atoms with van der Waals surface area (Å²) in [5.74, 6) is 0.0720. The first kappa shape index (κ1) is 14.3. The van der Waals surface area contributed by atoms with Gasteiger partial charge in [-0.1, -0.05) is 12.1 Å². The van der Waals surface area contributed by atoms with Crippen LogP contribution in [-0.4, -0.2) is 41.2 Å². The highest BCUT2D eigenvalue weighted by Crippen LogP contribution is 2.38. The molecule has 0 spiro atoms. The third kappa shape index (κ3) is 2.75. The molecule has 1 aromatic carbocycles. The molecule has 2 fully saturated rings. The molecule has 21 heavy (non-hydrogen) atoms. The zero-order chi connectivity index (χ0) is 15.0. The van der Waals surface area contributed by atoms with Crippen LogP contribution in [0, 0.1) is 17.7 Å². The molecule has 1 saturated heterocycles. The van der Waals surface area contributed by atoms with Crippen molar-refractivity contribution < 1.29 is 19.0 Å². The van der Waals surface area contributed by atoms with Crippen LogP contribution in [0.25, 0.3) is 0 Å². The smallest absolute Gasteiger partial charge is 0.263 e. The summed E-state index contributed by atoms with van der Waals surface area (Å²) >= 11 is 0. The molecule has 0 radical (unpaired) electrons. The van der Waals surface area contributed by atoms with Crippen LogP contribution in [-0.2, 0) is 4.79 Å². The summed E-state index contributed by atoms with van der Waals surface area (Å²) < 4.78 is 19.0. The van der Waals surface area contributed by atoms with Crippen molar-refractivity contribution in [3.63, 3.8) is 0 Å². The second kappa shape index (κ2) is 5.64. The van der Waals surface area contributed by atoms with Crippen molar-refractivity contribution in [3.05, 3.63) is 30.1 Å². The van der Waals surface area contributed by atoms with Gasteiger partial charge in [-0.25, -0.2) is 4.39 Å². The van der Waals surface area contributed by atoms with E-state index in [-0.39, 0.29) is 23.7 Å². The number of fused-ring (bicyclic) bond motifs is 1. The molecule has 5 heteroatoms. The van der Waals surface area contributed by atoms with Gasteiger partial charge in [-0.05, 0) is 37.8 Å². The van der Waals surface area contributed by atoms with E-state index in [0.29, 0.717) is 19.0 Å². The van der Waals surface area contributed by atoms with Gasteiger partial charge in [0.2, 0.25) is 0 Å². The van der Waals surface area contributed by atoms with Gasteiger partial charge in [0.05, 0.1) is 6.10 Å². The number of amides is 1. The number of aliphatic hydroxyl groups excluding tert-OH is 1. The second-order valence-corrected chi connectivity index (χ2v) is 6.00. The van der Waals surface area contributed by atoms with Gasteiger partial charge in [-0.3, -0.25) is 4.79 Å². The zero-order valence-corrected chi connectivity index (χ0v) is 12.0. The maximum absolute atomic E-state index is 13.5. The third-order valence-corrected chi connectivity index (χ3v) is 4.62. The first-order valence-electron chi connectivity index (χ1n) is 7.44. The van der Waals surface area contributed by atoms with E-state index in [1.807, 2.05) is 0 Å². The van der Waals surface area contributed by atoms with Gasteiger partial charge in [-0.2, -0.15) is 0 Å². The van der Waals surface area contributed by atoms with E-state index in [0.717, 1.165) is 12.8 Å². The summed E-state index contributed by atoms with van der Waals surface area (Å²) in [6.07, 6.45) is 0.782. The lowest BCUT2D eigenvalue weighted by Gasteiger charge is -2.23. The van der Waals surface area contributed by atoms with Gasteiger partial charge in [0.15, 0.2) is 17.7 Å². The Morgan fingerprint density at radius 3 is 2.86 bits per heavy atom. The van der Waals surface area contributed by atoms with Crippen LogP contribution < -0.4 is 4.74 Å². The normalized spacial score (nSPS) is 29.3. The number of rotatable bonds is 3. The molecule has 0 aromatic heterocycles. The molecule has 1 saturated carbocycles. The van der Waals surface area contributed by atoms with E-state index in [1.54, 1.807) is 24.0 Å². The molecule has 4 nitrogen and oxygen atoms in total. The predicted octanol–water partition coefficient (Wildman–Crippen LogP) is 1.82. The lowest BCUT2D eigenvalue weighted by molar-refractivity contribution is -0.137. The Morgan fingerprint density at radius 2 is 2.14 bits per heavy atom. The van der Waals surface area contributed by atoms with Crippen LogP contribution in [0.15, 0.2) is 24.3 Å². The van der Waals surface area contributed by atoms with Crippen LogP contribution in [0.5, 0.6) is 5.75 Å². The fourth-order valence-corrected chi connectivity index (χ4v) is 3.45. The summed E-state index contributed by atoms with van der Waals surface area (Å²) in [7, 11) is 0. The van der Waals surface area contributed by atoms with Crippen LogP contribution in [0.2, 0.25) is 0 Å². The molecule has 1 heterocycles. The molecule has 1 aromatic rings. The molecule has 4 atom stereocenters. The fraction of sp³-hybridized carbons (Fsp3) is 0.562. The van der Waals surface area contributed by atoms with Crippen LogP contribution in [0.3, 0.4) is 0 Å². The zero-order valence-electron chi connectivity index (χ0n) is 12.0. The first-order valence-corrected chi connectivity index (χ1v) is 7.44. The Balaban J connectivity index is 1.62. The maximum Gasteiger partial charge on any atom is 0.263 e. The number of ether oxygens (including phenoxy) is 1. The lowest BCUT2D eigenvalue weighted by atomic mass is 10.00. The van der Waals surface area contributed by atoms with E-state index in [2.05, 4.69) is 0 Å². The fourth-order valence-electron chi connectivity index (χ4n) is 3.45. The van der Waals surface area contributed by atoms with Crippen molar-refractivity contribution in [2.45, 2.75) is 32.0 Å². The van der Waals surface area contributed by atoms with Gasteiger partial charge in [-0.15, -0.1) is 0 Å². The van der Waals surface area contributed by atoms with E-state index < -0.39 is 11.9 Å². The molecule has 2 aliphatic rings. The summed E-state index contributed by atoms with van der Waals surface area (Å²) in [6, 6.07) is 6.08. The average molecular weight is 293 g/mol. The summed E-state index contributed by atoms with van der Waals surface area (Å²) in [6.45, 7) is 2.89. The van der Waals surface area contributed by atoms with E-state index in [1.165, 1.54) is 12.1 Å². The van der Waals surface area contributed by atoms with Crippen molar-refractivity contribution in [2.24, 2.45) is 11.8 Å². The lowest BCUT2D eigenvalue weighted by Crippen LogP contribution is -2.40. The van der Waals surface area contributed by atoms with Gasteiger partial charge >= 0.3 is 0 Å². The largest absolute Gasteiger partial charge is 0.478 e. The summed E-state index contributed by atoms with van der Waals surface area (Å²) in [5, 5.41) is 9.89. The molecule has 1 amide bonds. The monoisotopic (exact) mass is 293 g/mol. The van der Waals surface area contributed by atoms with Crippen molar-refractivity contribution in [1.29, 1.82) is 0 Å². The minimum atomic E-state index is -0.724. The molecule has 1 N–H and O–H groups in total. The Morgan fingerprint density at radius 1 is 1.38 bits per heavy atom.